The van der Waals surface area contributed by atoms with Gasteiger partial charge in [-0.1, -0.05) is 103 Å². The van der Waals surface area contributed by atoms with E-state index in [4.69, 9.17) is 0 Å². The fraction of sp³-hybridized carbons (Fsp3) is 0.394. The van der Waals surface area contributed by atoms with Gasteiger partial charge in [-0.05, 0) is 39.8 Å². The number of nitrogens with zero attached hydrogens (tertiary/aromatic N) is 1. The van der Waals surface area contributed by atoms with Gasteiger partial charge in [-0.3, -0.25) is 15.0 Å². The highest BCUT2D eigenvalue weighted by atomic mass is 79.9. The Bertz CT molecular complexity index is 1600. The highest BCUT2D eigenvalue weighted by Gasteiger charge is 2.43. The molecular formula is C33H41BrN4O6S. The van der Waals surface area contributed by atoms with Crippen molar-refractivity contribution in [1.29, 1.82) is 0 Å². The van der Waals surface area contributed by atoms with Crippen LogP contribution in [-0.2, 0) is 39.0 Å². The number of sulfonamides is 1. The van der Waals surface area contributed by atoms with Crippen LogP contribution in [0, 0.1) is 5.41 Å². The second kappa shape index (κ2) is 14.1. The summed E-state index contributed by atoms with van der Waals surface area (Å²) in [5.74, 6) is -1.36. The molecule has 0 fully saturated rings. The van der Waals surface area contributed by atoms with Crippen LogP contribution in [0.15, 0.2) is 83.3 Å². The molecule has 2 amide bonds. The van der Waals surface area contributed by atoms with Crippen molar-refractivity contribution in [2.45, 2.75) is 63.9 Å². The van der Waals surface area contributed by atoms with E-state index < -0.39 is 51.0 Å². The maximum Gasteiger partial charge on any atom is 0.254 e. The molecule has 0 spiro atoms. The van der Waals surface area contributed by atoms with Crippen LogP contribution < -0.4 is 15.5 Å². The number of amides is 2. The molecule has 0 saturated carbocycles. The summed E-state index contributed by atoms with van der Waals surface area (Å²) in [5, 5.41) is 27.4. The number of nitrogens with one attached hydrogen (secondary N) is 3. The normalized spacial score (nSPS) is 18.6. The topological polar surface area (TPSA) is 148 Å². The second-order valence-corrected chi connectivity index (χ2v) is 15.5. The van der Waals surface area contributed by atoms with Crippen LogP contribution in [0.4, 0.5) is 0 Å². The van der Waals surface area contributed by atoms with Crippen LogP contribution in [0.3, 0.4) is 0 Å². The standard InChI is InChI=1S/C33H41BrN4O6S/c1-32(2,3)29(37-45(4,43)44)30(40)36-38(20-23-14-16-25(34)17-15-23)21-33(42,19-22-10-6-5-7-11-22)31(41)35-28-26-13-9-8-12-24(26)18-27(28)39/h5-17,27-29,37,39,42H,18-21H2,1-4H3,(H,35,41)(H,36,40)/t27-,28+,29-,33+/m1/s1. The number of carbonyl (C=O) groups is 2. The monoisotopic (exact) mass is 700 g/mol. The van der Waals surface area contributed by atoms with Gasteiger partial charge in [0.15, 0.2) is 5.60 Å². The quantitative estimate of drug-likeness (QED) is 0.183. The first-order chi connectivity index (χ1) is 21.0. The van der Waals surface area contributed by atoms with Crippen molar-refractivity contribution in [3.05, 3.63) is 106 Å². The van der Waals surface area contributed by atoms with Crippen molar-refractivity contribution < 1.29 is 28.2 Å². The zero-order chi connectivity index (χ0) is 33.0. The molecule has 3 aromatic carbocycles. The van der Waals surface area contributed by atoms with Crippen LogP contribution in [0.25, 0.3) is 0 Å². The number of hydrogen-bond acceptors (Lipinski definition) is 7. The van der Waals surface area contributed by atoms with Gasteiger partial charge in [-0.15, -0.1) is 0 Å². The molecule has 0 bridgehead atoms. The van der Waals surface area contributed by atoms with Crippen molar-refractivity contribution in [2.75, 3.05) is 12.8 Å². The molecule has 0 saturated heterocycles. The lowest BCUT2D eigenvalue weighted by molar-refractivity contribution is -0.147. The SMILES string of the molecule is CC(C)(C)[C@H](NS(C)(=O)=O)C(=O)NN(Cc1ccc(Br)cc1)C[C@@](O)(Cc1ccccc1)C(=O)N[C@H]1c2ccccc2C[C@H]1O. The largest absolute Gasteiger partial charge is 0.390 e. The summed E-state index contributed by atoms with van der Waals surface area (Å²) in [6.45, 7) is 4.94. The highest BCUT2D eigenvalue weighted by Crippen LogP contribution is 2.32. The molecule has 3 aromatic rings. The Balaban J connectivity index is 1.69. The smallest absolute Gasteiger partial charge is 0.254 e. The molecule has 242 valence electrons. The minimum atomic E-state index is -3.76. The summed E-state index contributed by atoms with van der Waals surface area (Å²) < 4.78 is 27.6. The number of carbonyl (C=O) groups excluding carboxylic acids is 2. The number of fused-ring (bicyclic) bond motifs is 1. The Morgan fingerprint density at radius 1 is 0.978 bits per heavy atom. The van der Waals surface area contributed by atoms with E-state index in [0.717, 1.165) is 27.4 Å². The van der Waals surface area contributed by atoms with Crippen LogP contribution in [0.1, 0.15) is 49.1 Å². The molecule has 0 aromatic heterocycles. The van der Waals surface area contributed by atoms with Gasteiger partial charge in [-0.2, -0.15) is 0 Å². The van der Waals surface area contributed by atoms with E-state index in [2.05, 4.69) is 31.4 Å². The van der Waals surface area contributed by atoms with Crippen LogP contribution in [-0.4, -0.2) is 66.0 Å². The van der Waals surface area contributed by atoms with Crippen LogP contribution in [0.2, 0.25) is 0 Å². The highest BCUT2D eigenvalue weighted by molar-refractivity contribution is 9.10. The third-order valence-corrected chi connectivity index (χ3v) is 8.91. The third kappa shape index (κ3) is 9.44. The first-order valence-electron chi connectivity index (χ1n) is 14.6. The first-order valence-corrected chi connectivity index (χ1v) is 17.3. The molecule has 45 heavy (non-hydrogen) atoms. The molecule has 0 radical (unpaired) electrons. The summed E-state index contributed by atoms with van der Waals surface area (Å²) in [5.41, 5.74) is 3.05. The fourth-order valence-corrected chi connectivity index (χ4v) is 6.64. The lowest BCUT2D eigenvalue weighted by atomic mass is 9.87. The van der Waals surface area contributed by atoms with Crippen molar-refractivity contribution in [1.82, 2.24) is 20.5 Å². The van der Waals surface area contributed by atoms with E-state index in [1.165, 1.54) is 5.01 Å². The molecule has 12 heteroatoms. The fourth-order valence-electron chi connectivity index (χ4n) is 5.48. The van der Waals surface area contributed by atoms with Gasteiger partial charge in [0, 0.05) is 23.9 Å². The van der Waals surface area contributed by atoms with E-state index in [0.29, 0.717) is 12.0 Å². The minimum Gasteiger partial charge on any atom is -0.390 e. The van der Waals surface area contributed by atoms with E-state index in [-0.39, 0.29) is 19.5 Å². The van der Waals surface area contributed by atoms with Gasteiger partial charge < -0.3 is 15.5 Å². The van der Waals surface area contributed by atoms with Crippen molar-refractivity contribution in [3.8, 4) is 0 Å². The van der Waals surface area contributed by atoms with Gasteiger partial charge in [0.1, 0.15) is 6.04 Å². The predicted octanol–water partition coefficient (Wildman–Crippen LogP) is 2.99. The Hall–Kier alpha value is -3.13. The number of hydrazine groups is 1. The molecule has 10 nitrogen and oxygen atoms in total. The maximum atomic E-state index is 14.1. The van der Waals surface area contributed by atoms with E-state index in [9.17, 15) is 28.2 Å². The van der Waals surface area contributed by atoms with Crippen LogP contribution in [0.5, 0.6) is 0 Å². The van der Waals surface area contributed by atoms with Crippen molar-refractivity contribution in [3.63, 3.8) is 0 Å². The molecule has 1 aliphatic carbocycles. The van der Waals surface area contributed by atoms with Gasteiger partial charge in [0.25, 0.3) is 11.8 Å². The molecular weight excluding hydrogens is 660 g/mol. The number of benzene rings is 3. The van der Waals surface area contributed by atoms with E-state index >= 15 is 0 Å². The molecule has 4 rings (SSSR count). The lowest BCUT2D eigenvalue weighted by Crippen LogP contribution is -2.62. The second-order valence-electron chi connectivity index (χ2n) is 12.8. The summed E-state index contributed by atoms with van der Waals surface area (Å²) in [6.07, 6.45) is 0.379. The number of aliphatic hydroxyl groups is 2. The van der Waals surface area contributed by atoms with E-state index in [1.807, 2.05) is 54.6 Å². The molecule has 0 heterocycles. The Morgan fingerprint density at radius 3 is 2.22 bits per heavy atom. The average molecular weight is 702 g/mol. The summed E-state index contributed by atoms with van der Waals surface area (Å²) >= 11 is 3.42. The first kappa shape index (κ1) is 34.7. The molecule has 0 unspecified atom stereocenters. The van der Waals surface area contributed by atoms with Crippen molar-refractivity contribution in [2.24, 2.45) is 5.41 Å². The summed E-state index contributed by atoms with van der Waals surface area (Å²) in [6, 6.07) is 21.9. The number of rotatable bonds is 12. The van der Waals surface area contributed by atoms with E-state index in [1.54, 1.807) is 45.0 Å². The Labute approximate surface area is 273 Å². The van der Waals surface area contributed by atoms with Gasteiger partial charge >= 0.3 is 0 Å². The summed E-state index contributed by atoms with van der Waals surface area (Å²) in [7, 11) is -3.76. The molecule has 0 aliphatic heterocycles. The van der Waals surface area contributed by atoms with Gasteiger partial charge in [0.2, 0.25) is 10.0 Å². The van der Waals surface area contributed by atoms with Gasteiger partial charge in [-0.25, -0.2) is 18.1 Å². The Kier molecular flexibility index (Phi) is 10.9. The van der Waals surface area contributed by atoms with Crippen molar-refractivity contribution >= 4 is 37.8 Å². The van der Waals surface area contributed by atoms with Gasteiger partial charge in [0.05, 0.1) is 24.9 Å². The number of halogens is 1. The third-order valence-electron chi connectivity index (χ3n) is 7.72. The molecule has 1 aliphatic rings. The summed E-state index contributed by atoms with van der Waals surface area (Å²) in [4.78, 5) is 27.8. The molecule has 5 N–H and O–H groups in total. The van der Waals surface area contributed by atoms with Crippen LogP contribution >= 0.6 is 15.9 Å². The zero-order valence-electron chi connectivity index (χ0n) is 25.8. The lowest BCUT2D eigenvalue weighted by Gasteiger charge is -2.37. The molecule has 4 atom stereocenters. The average Bonchev–Trinajstić information content (AvgIpc) is 3.27. The maximum absolute atomic E-state index is 14.1. The predicted molar refractivity (Wildman–Crippen MR) is 176 cm³/mol. The number of aliphatic hydroxyl groups excluding tert-OH is 1. The zero-order valence-corrected chi connectivity index (χ0v) is 28.2. The Morgan fingerprint density at radius 2 is 1.60 bits per heavy atom. The number of hydrogen-bond donors (Lipinski definition) is 5. The minimum absolute atomic E-state index is 0.0913.